The van der Waals surface area contributed by atoms with Gasteiger partial charge < -0.3 is 15.1 Å². The number of carbonyl (C=O) groups is 1. The van der Waals surface area contributed by atoms with Crippen LogP contribution in [0, 0.1) is 0 Å². The summed E-state index contributed by atoms with van der Waals surface area (Å²) in [7, 11) is 2.26. The Balaban J connectivity index is 1.88. The van der Waals surface area contributed by atoms with Crippen molar-refractivity contribution in [2.75, 3.05) is 32.6 Å². The number of likely N-dealkylation sites (N-methyl/N-ethyl adjacent to an activating group) is 1. The highest BCUT2D eigenvalue weighted by Gasteiger charge is 2.15. The van der Waals surface area contributed by atoms with Crippen LogP contribution >= 0.6 is 0 Å². The van der Waals surface area contributed by atoms with Gasteiger partial charge in [0.05, 0.1) is 18.0 Å². The fraction of sp³-hybridized carbons (Fsp3) is 0.350. The minimum atomic E-state index is -3.71. The average Bonchev–Trinajstić information content (AvgIpc) is 2.61. The van der Waals surface area contributed by atoms with E-state index >= 15 is 0 Å². The minimum absolute atomic E-state index is 0.0549. The molecule has 152 valence electrons. The van der Waals surface area contributed by atoms with Crippen molar-refractivity contribution < 1.29 is 18.1 Å². The number of amides is 1. The zero-order valence-electron chi connectivity index (χ0n) is 16.8. The second kappa shape index (κ2) is 9.18. The summed E-state index contributed by atoms with van der Waals surface area (Å²) in [6.07, 6.45) is 0. The van der Waals surface area contributed by atoms with Gasteiger partial charge in [-0.25, -0.2) is 13.6 Å². The van der Waals surface area contributed by atoms with Gasteiger partial charge in [0.15, 0.2) is 6.54 Å². The van der Waals surface area contributed by atoms with Crippen molar-refractivity contribution in [3.05, 3.63) is 59.7 Å². The molecule has 0 saturated heterocycles. The molecule has 2 aromatic carbocycles. The predicted molar refractivity (Wildman–Crippen MR) is 111 cm³/mol. The van der Waals surface area contributed by atoms with E-state index in [1.54, 1.807) is 12.1 Å². The van der Waals surface area contributed by atoms with Crippen LogP contribution in [0.5, 0.6) is 0 Å². The Morgan fingerprint density at radius 3 is 2.18 bits per heavy atom. The second-order valence-electron chi connectivity index (χ2n) is 7.27. The van der Waals surface area contributed by atoms with E-state index in [0.717, 1.165) is 22.7 Å². The van der Waals surface area contributed by atoms with Crippen LogP contribution in [0.4, 0.5) is 5.69 Å². The summed E-state index contributed by atoms with van der Waals surface area (Å²) in [5, 5.41) is 8.05. The molecular weight excluding hydrogens is 376 g/mol. The maximum absolute atomic E-state index is 12.3. The number of sulfonamides is 1. The zero-order valence-corrected chi connectivity index (χ0v) is 17.6. The molecule has 0 aliphatic rings. The number of carbonyl (C=O) groups excluding carboxylic acids is 1. The van der Waals surface area contributed by atoms with Gasteiger partial charge >= 0.3 is 0 Å². The number of benzene rings is 2. The van der Waals surface area contributed by atoms with E-state index in [0.29, 0.717) is 6.54 Å². The smallest absolute Gasteiger partial charge is 0.275 e. The van der Waals surface area contributed by atoms with Gasteiger partial charge in [-0.2, -0.15) is 0 Å². The fourth-order valence-corrected chi connectivity index (χ4v) is 3.43. The number of quaternary nitrogens is 1. The number of nitrogens with zero attached hydrogens (tertiary/aromatic N) is 1. The van der Waals surface area contributed by atoms with Crippen LogP contribution in [0.25, 0.3) is 0 Å². The van der Waals surface area contributed by atoms with Crippen molar-refractivity contribution in [3.63, 3.8) is 0 Å². The van der Waals surface area contributed by atoms with Crippen LogP contribution in [-0.4, -0.2) is 42.0 Å². The maximum Gasteiger partial charge on any atom is 0.275 e. The Morgan fingerprint density at radius 2 is 1.68 bits per heavy atom. The largest absolute Gasteiger partial charge is 0.378 e. The summed E-state index contributed by atoms with van der Waals surface area (Å²) in [4.78, 5) is 15.5. The third-order valence-electron chi connectivity index (χ3n) is 4.51. The van der Waals surface area contributed by atoms with Crippen molar-refractivity contribution in [1.82, 2.24) is 5.32 Å². The van der Waals surface area contributed by atoms with Crippen LogP contribution in [0.2, 0.25) is 0 Å². The minimum Gasteiger partial charge on any atom is -0.378 e. The van der Waals surface area contributed by atoms with Crippen molar-refractivity contribution in [3.8, 4) is 0 Å². The monoisotopic (exact) mass is 405 g/mol. The standard InChI is InChI=1S/C20H28N4O3S/c1-15(17-7-11-19(12-8-17)28(21,26)27)22-20(25)14-24(4)13-16-5-9-18(10-6-16)23(2)3/h5-12,15H,13-14H2,1-4H3,(H,22,25)(H2,21,26,27)/p+1/t15-/m0/s1. The number of hydrogen-bond donors (Lipinski definition) is 3. The molecule has 7 nitrogen and oxygen atoms in total. The SMILES string of the molecule is C[C@H](NC(=O)C[NH+](C)Cc1ccc(N(C)C)cc1)c1ccc(S(N)(=O)=O)cc1. The first-order chi connectivity index (χ1) is 13.1. The Bertz CT molecular complexity index is 894. The number of rotatable bonds is 8. The first-order valence-electron chi connectivity index (χ1n) is 9.06. The molecule has 1 amide bonds. The van der Waals surface area contributed by atoms with E-state index in [1.807, 2.05) is 33.0 Å². The lowest BCUT2D eigenvalue weighted by molar-refractivity contribution is -0.885. The quantitative estimate of drug-likeness (QED) is 0.588. The number of nitrogens with two attached hydrogens (primary N) is 1. The molecule has 0 bridgehead atoms. The third kappa shape index (κ3) is 6.33. The van der Waals surface area contributed by atoms with Crippen LogP contribution in [0.1, 0.15) is 24.1 Å². The Hall–Kier alpha value is -2.42. The highest BCUT2D eigenvalue weighted by Crippen LogP contribution is 2.15. The molecule has 28 heavy (non-hydrogen) atoms. The summed E-state index contributed by atoms with van der Waals surface area (Å²) in [5.74, 6) is -0.0644. The number of anilines is 1. The van der Waals surface area contributed by atoms with Crippen LogP contribution in [-0.2, 0) is 21.4 Å². The van der Waals surface area contributed by atoms with Crippen molar-refractivity contribution >= 4 is 21.6 Å². The fourth-order valence-electron chi connectivity index (χ4n) is 2.92. The van der Waals surface area contributed by atoms with Gasteiger partial charge in [0.2, 0.25) is 10.0 Å². The highest BCUT2D eigenvalue weighted by atomic mass is 32.2. The molecule has 0 heterocycles. The van der Waals surface area contributed by atoms with E-state index in [1.165, 1.54) is 17.7 Å². The van der Waals surface area contributed by atoms with E-state index in [-0.39, 0.29) is 16.8 Å². The third-order valence-corrected chi connectivity index (χ3v) is 5.44. The second-order valence-corrected chi connectivity index (χ2v) is 8.84. The summed E-state index contributed by atoms with van der Waals surface area (Å²) in [5.41, 5.74) is 3.13. The molecule has 0 radical (unpaired) electrons. The van der Waals surface area contributed by atoms with Gasteiger partial charge in [-0.15, -0.1) is 0 Å². The normalized spacial score (nSPS) is 13.6. The maximum atomic E-state index is 12.3. The summed E-state index contributed by atoms with van der Waals surface area (Å²) in [6, 6.07) is 14.3. The van der Waals surface area contributed by atoms with Crippen LogP contribution < -0.4 is 20.3 Å². The predicted octanol–water partition coefficient (Wildman–Crippen LogP) is 0.292. The first kappa shape index (κ1) is 21.9. The topological polar surface area (TPSA) is 96.9 Å². The summed E-state index contributed by atoms with van der Waals surface area (Å²) >= 11 is 0. The van der Waals surface area contributed by atoms with Gasteiger partial charge in [-0.3, -0.25) is 4.79 Å². The van der Waals surface area contributed by atoms with Gasteiger partial charge in [-0.05, 0) is 36.8 Å². The van der Waals surface area contributed by atoms with Crippen LogP contribution in [0.3, 0.4) is 0 Å². The van der Waals surface area contributed by atoms with Gasteiger partial charge in [-0.1, -0.05) is 24.3 Å². The molecule has 0 fully saturated rings. The Labute approximate surface area is 167 Å². The first-order valence-corrected chi connectivity index (χ1v) is 10.6. The molecule has 8 heteroatoms. The molecule has 0 aliphatic heterocycles. The van der Waals surface area contributed by atoms with Gasteiger partial charge in [0.1, 0.15) is 6.54 Å². The molecule has 4 N–H and O–H groups in total. The molecule has 0 spiro atoms. The van der Waals surface area contributed by atoms with E-state index in [4.69, 9.17) is 5.14 Å². The summed E-state index contributed by atoms with van der Waals surface area (Å²) < 4.78 is 22.6. The van der Waals surface area contributed by atoms with Crippen molar-refractivity contribution in [1.29, 1.82) is 0 Å². The lowest BCUT2D eigenvalue weighted by atomic mass is 10.1. The molecule has 2 rings (SSSR count). The van der Waals surface area contributed by atoms with Crippen molar-refractivity contribution in [2.24, 2.45) is 5.14 Å². The Morgan fingerprint density at radius 1 is 1.11 bits per heavy atom. The van der Waals surface area contributed by atoms with Gasteiger partial charge in [0.25, 0.3) is 5.91 Å². The molecule has 0 aliphatic carbocycles. The number of primary sulfonamides is 1. The van der Waals surface area contributed by atoms with E-state index < -0.39 is 10.0 Å². The lowest BCUT2D eigenvalue weighted by Gasteiger charge is -2.18. The molecule has 2 aromatic rings. The average molecular weight is 406 g/mol. The van der Waals surface area contributed by atoms with E-state index in [9.17, 15) is 13.2 Å². The van der Waals surface area contributed by atoms with Crippen LogP contribution in [0.15, 0.2) is 53.4 Å². The Kier molecular flexibility index (Phi) is 7.17. The zero-order chi connectivity index (χ0) is 20.9. The molecule has 0 aromatic heterocycles. The molecule has 0 saturated carbocycles. The molecule has 2 atom stereocenters. The molecular formula is C20H29N4O3S+. The van der Waals surface area contributed by atoms with Gasteiger partial charge in [0, 0.05) is 25.3 Å². The summed E-state index contributed by atoms with van der Waals surface area (Å²) in [6.45, 7) is 2.95. The molecule has 1 unspecified atom stereocenters. The van der Waals surface area contributed by atoms with E-state index in [2.05, 4.69) is 29.6 Å². The lowest BCUT2D eigenvalue weighted by Crippen LogP contribution is -3.08. The highest BCUT2D eigenvalue weighted by molar-refractivity contribution is 7.89. The number of nitrogens with one attached hydrogen (secondary N) is 2. The van der Waals surface area contributed by atoms with Crippen molar-refractivity contribution in [2.45, 2.75) is 24.4 Å². The number of hydrogen-bond acceptors (Lipinski definition) is 4.